The summed E-state index contributed by atoms with van der Waals surface area (Å²) < 4.78 is 12.9. The summed E-state index contributed by atoms with van der Waals surface area (Å²) >= 11 is 0. The molecule has 0 atom stereocenters. The first-order chi connectivity index (χ1) is 13.1. The van der Waals surface area contributed by atoms with E-state index in [1.54, 1.807) is 37.5 Å². The van der Waals surface area contributed by atoms with Gasteiger partial charge >= 0.3 is 0 Å². The lowest BCUT2D eigenvalue weighted by atomic mass is 9.95. The number of amides is 2. The minimum atomic E-state index is -0.289. The minimum absolute atomic E-state index is 0.00604. The molecule has 142 valence electrons. The van der Waals surface area contributed by atoms with Crippen LogP contribution in [0, 0.1) is 11.7 Å². The van der Waals surface area contributed by atoms with Crippen molar-refractivity contribution >= 4 is 17.6 Å². The molecule has 0 radical (unpaired) electrons. The van der Waals surface area contributed by atoms with Gasteiger partial charge in [0.2, 0.25) is 5.91 Å². The number of aromatic nitrogens is 1. The van der Waals surface area contributed by atoms with Crippen LogP contribution < -0.4 is 15.5 Å². The van der Waals surface area contributed by atoms with Gasteiger partial charge in [-0.25, -0.2) is 9.37 Å². The Bertz CT molecular complexity index is 802. The lowest BCUT2D eigenvalue weighted by Crippen LogP contribution is -2.41. The predicted molar refractivity (Wildman–Crippen MR) is 101 cm³/mol. The van der Waals surface area contributed by atoms with Gasteiger partial charge in [-0.1, -0.05) is 12.1 Å². The van der Waals surface area contributed by atoms with Crippen LogP contribution in [0.2, 0.25) is 0 Å². The summed E-state index contributed by atoms with van der Waals surface area (Å²) in [5.74, 6) is 0.128. The Balaban J connectivity index is 1.55. The molecule has 0 bridgehead atoms. The van der Waals surface area contributed by atoms with E-state index >= 15 is 0 Å². The molecule has 2 aromatic rings. The van der Waals surface area contributed by atoms with Crippen LogP contribution in [0.4, 0.5) is 10.2 Å². The molecule has 27 heavy (non-hydrogen) atoms. The van der Waals surface area contributed by atoms with Crippen LogP contribution in [-0.4, -0.2) is 36.9 Å². The van der Waals surface area contributed by atoms with Crippen LogP contribution in [-0.2, 0) is 11.3 Å². The van der Waals surface area contributed by atoms with Crippen molar-refractivity contribution in [2.24, 2.45) is 5.92 Å². The number of pyridine rings is 1. The average Bonchev–Trinajstić information content (AvgIpc) is 2.72. The van der Waals surface area contributed by atoms with E-state index in [0.29, 0.717) is 43.9 Å². The maximum Gasteiger partial charge on any atom is 0.254 e. The van der Waals surface area contributed by atoms with E-state index in [2.05, 4.69) is 15.6 Å². The van der Waals surface area contributed by atoms with Crippen molar-refractivity contribution in [3.05, 3.63) is 59.5 Å². The standard InChI is InChI=1S/C20H23FN4O2/c1-22-20(27)17-3-2-10-23-18(17)25-11-8-15(9-12-25)19(26)24-13-14-4-6-16(21)7-5-14/h2-7,10,15H,8-9,11-13H2,1H3,(H,22,27)(H,24,26). The van der Waals surface area contributed by atoms with E-state index in [0.717, 1.165) is 5.56 Å². The Kier molecular flexibility index (Phi) is 6.01. The Labute approximate surface area is 157 Å². The summed E-state index contributed by atoms with van der Waals surface area (Å²) in [4.78, 5) is 30.9. The van der Waals surface area contributed by atoms with Gasteiger partial charge in [0.1, 0.15) is 11.6 Å². The fourth-order valence-corrected chi connectivity index (χ4v) is 3.25. The van der Waals surface area contributed by atoms with E-state index in [1.807, 2.05) is 4.90 Å². The monoisotopic (exact) mass is 370 g/mol. The Morgan fingerprint density at radius 2 is 1.89 bits per heavy atom. The second-order valence-electron chi connectivity index (χ2n) is 6.56. The molecular formula is C20H23FN4O2. The first-order valence-corrected chi connectivity index (χ1v) is 9.02. The molecule has 1 saturated heterocycles. The van der Waals surface area contributed by atoms with Crippen LogP contribution >= 0.6 is 0 Å². The molecule has 1 aliphatic rings. The molecule has 0 unspecified atom stereocenters. The highest BCUT2D eigenvalue weighted by Crippen LogP contribution is 2.24. The van der Waals surface area contributed by atoms with Gasteiger partial charge in [-0.3, -0.25) is 9.59 Å². The predicted octanol–water partition coefficient (Wildman–Crippen LogP) is 2.11. The Morgan fingerprint density at radius 3 is 2.56 bits per heavy atom. The lowest BCUT2D eigenvalue weighted by molar-refractivity contribution is -0.125. The van der Waals surface area contributed by atoms with Crippen molar-refractivity contribution in [2.45, 2.75) is 19.4 Å². The van der Waals surface area contributed by atoms with Crippen molar-refractivity contribution in [1.82, 2.24) is 15.6 Å². The molecule has 3 rings (SSSR count). The van der Waals surface area contributed by atoms with Crippen molar-refractivity contribution in [3.8, 4) is 0 Å². The summed E-state index contributed by atoms with van der Waals surface area (Å²) in [6, 6.07) is 9.60. The number of nitrogens with one attached hydrogen (secondary N) is 2. The molecule has 1 aromatic carbocycles. The number of benzene rings is 1. The van der Waals surface area contributed by atoms with E-state index in [9.17, 15) is 14.0 Å². The van der Waals surface area contributed by atoms with Gasteiger partial charge in [0.05, 0.1) is 5.56 Å². The Hall–Kier alpha value is -2.96. The van der Waals surface area contributed by atoms with Gasteiger partial charge in [-0.05, 0) is 42.7 Å². The van der Waals surface area contributed by atoms with Gasteiger partial charge < -0.3 is 15.5 Å². The van der Waals surface area contributed by atoms with E-state index in [-0.39, 0.29) is 23.5 Å². The van der Waals surface area contributed by atoms with Crippen LogP contribution in [0.3, 0.4) is 0 Å². The molecule has 6 nitrogen and oxygen atoms in total. The van der Waals surface area contributed by atoms with E-state index in [1.165, 1.54) is 12.1 Å². The number of carbonyl (C=O) groups excluding carboxylic acids is 2. The number of piperidine rings is 1. The maximum absolute atomic E-state index is 12.9. The largest absolute Gasteiger partial charge is 0.356 e. The highest BCUT2D eigenvalue weighted by Gasteiger charge is 2.27. The number of carbonyl (C=O) groups is 2. The van der Waals surface area contributed by atoms with Gasteiger partial charge in [0.25, 0.3) is 5.91 Å². The lowest BCUT2D eigenvalue weighted by Gasteiger charge is -2.33. The van der Waals surface area contributed by atoms with Crippen molar-refractivity contribution in [1.29, 1.82) is 0 Å². The smallest absolute Gasteiger partial charge is 0.254 e. The zero-order valence-corrected chi connectivity index (χ0v) is 15.2. The van der Waals surface area contributed by atoms with Crippen LogP contribution in [0.15, 0.2) is 42.6 Å². The van der Waals surface area contributed by atoms with Crippen molar-refractivity contribution < 1.29 is 14.0 Å². The molecular weight excluding hydrogens is 347 g/mol. The summed E-state index contributed by atoms with van der Waals surface area (Å²) in [6.07, 6.45) is 3.06. The van der Waals surface area contributed by atoms with Gasteiger partial charge in [0, 0.05) is 38.8 Å². The number of nitrogens with zero attached hydrogens (tertiary/aromatic N) is 2. The van der Waals surface area contributed by atoms with Crippen LogP contribution in [0.1, 0.15) is 28.8 Å². The number of rotatable bonds is 5. The number of hydrogen-bond acceptors (Lipinski definition) is 4. The first-order valence-electron chi connectivity index (χ1n) is 9.02. The fraction of sp³-hybridized carbons (Fsp3) is 0.350. The molecule has 2 amide bonds. The SMILES string of the molecule is CNC(=O)c1cccnc1N1CCC(C(=O)NCc2ccc(F)cc2)CC1. The molecule has 0 aliphatic carbocycles. The molecule has 2 heterocycles. The van der Waals surface area contributed by atoms with Gasteiger partial charge in [0.15, 0.2) is 0 Å². The minimum Gasteiger partial charge on any atom is -0.356 e. The zero-order chi connectivity index (χ0) is 19.2. The quantitative estimate of drug-likeness (QED) is 0.845. The van der Waals surface area contributed by atoms with Crippen molar-refractivity contribution in [3.63, 3.8) is 0 Å². The molecule has 1 fully saturated rings. The first kappa shape index (κ1) is 18.8. The third-order valence-electron chi connectivity index (χ3n) is 4.80. The van der Waals surface area contributed by atoms with E-state index < -0.39 is 0 Å². The Morgan fingerprint density at radius 1 is 1.19 bits per heavy atom. The third-order valence-corrected chi connectivity index (χ3v) is 4.80. The summed E-state index contributed by atoms with van der Waals surface area (Å²) in [7, 11) is 1.59. The third kappa shape index (κ3) is 4.61. The second kappa shape index (κ2) is 8.62. The summed E-state index contributed by atoms with van der Waals surface area (Å²) in [6.45, 7) is 1.71. The van der Waals surface area contributed by atoms with Crippen LogP contribution in [0.25, 0.3) is 0 Å². The molecule has 1 aliphatic heterocycles. The van der Waals surface area contributed by atoms with Crippen molar-refractivity contribution in [2.75, 3.05) is 25.0 Å². The average molecular weight is 370 g/mol. The molecule has 0 spiro atoms. The van der Waals surface area contributed by atoms with E-state index in [4.69, 9.17) is 0 Å². The highest BCUT2D eigenvalue weighted by atomic mass is 19.1. The molecule has 0 saturated carbocycles. The normalized spacial score (nSPS) is 14.7. The summed E-state index contributed by atoms with van der Waals surface area (Å²) in [5.41, 5.74) is 1.41. The maximum atomic E-state index is 12.9. The number of anilines is 1. The van der Waals surface area contributed by atoms with Crippen LogP contribution in [0.5, 0.6) is 0 Å². The number of hydrogen-bond donors (Lipinski definition) is 2. The molecule has 2 N–H and O–H groups in total. The second-order valence-corrected chi connectivity index (χ2v) is 6.56. The highest BCUT2D eigenvalue weighted by molar-refractivity contribution is 5.98. The van der Waals surface area contributed by atoms with Gasteiger partial charge in [-0.2, -0.15) is 0 Å². The summed E-state index contributed by atoms with van der Waals surface area (Å²) in [5, 5.41) is 5.55. The molecule has 1 aromatic heterocycles. The fourth-order valence-electron chi connectivity index (χ4n) is 3.25. The van der Waals surface area contributed by atoms with Gasteiger partial charge in [-0.15, -0.1) is 0 Å². The molecule has 7 heteroatoms. The topological polar surface area (TPSA) is 74.3 Å². The number of halogens is 1. The zero-order valence-electron chi connectivity index (χ0n) is 15.2.